The average molecular weight is 152 g/mol. The van der Waals surface area contributed by atoms with Gasteiger partial charge in [0.2, 0.25) is 0 Å². The molecule has 60 valence electrons. The van der Waals surface area contributed by atoms with Crippen LogP contribution in [0.25, 0.3) is 0 Å². The second-order valence-electron chi connectivity index (χ2n) is 2.71. The van der Waals surface area contributed by atoms with E-state index in [4.69, 9.17) is 0 Å². The molecule has 0 aliphatic rings. The number of carbonyl (C=O) groups excluding carboxylic acids is 1. The van der Waals surface area contributed by atoms with Crippen molar-refractivity contribution in [3.63, 3.8) is 0 Å². The van der Waals surface area contributed by atoms with Gasteiger partial charge in [-0.15, -0.1) is 0 Å². The van der Waals surface area contributed by atoms with Gasteiger partial charge in [0, 0.05) is 12.2 Å². The van der Waals surface area contributed by atoms with Crippen LogP contribution in [0.3, 0.4) is 0 Å². The molecule has 2 N–H and O–H groups in total. The molecular weight excluding hydrogens is 140 g/mol. The quantitative estimate of drug-likeness (QED) is 0.656. The SMILES string of the molecule is CC(C)NC(=O)c1ccc[nH]1. The number of rotatable bonds is 2. The summed E-state index contributed by atoms with van der Waals surface area (Å²) in [6, 6.07) is 3.73. The first-order chi connectivity index (χ1) is 5.20. The van der Waals surface area contributed by atoms with E-state index in [2.05, 4.69) is 10.3 Å². The summed E-state index contributed by atoms with van der Waals surface area (Å²) in [6.07, 6.45) is 1.73. The molecule has 1 aromatic heterocycles. The molecular formula is C8H12N2O. The van der Waals surface area contributed by atoms with Gasteiger partial charge in [-0.1, -0.05) is 0 Å². The molecule has 1 aromatic rings. The van der Waals surface area contributed by atoms with Crippen LogP contribution >= 0.6 is 0 Å². The third-order valence-electron chi connectivity index (χ3n) is 1.26. The zero-order valence-corrected chi connectivity index (χ0v) is 6.72. The summed E-state index contributed by atoms with van der Waals surface area (Å²) in [7, 11) is 0. The molecule has 1 heterocycles. The average Bonchev–Trinajstić information content (AvgIpc) is 2.35. The Labute approximate surface area is 65.8 Å². The first-order valence-corrected chi connectivity index (χ1v) is 3.64. The summed E-state index contributed by atoms with van der Waals surface area (Å²) < 4.78 is 0. The summed E-state index contributed by atoms with van der Waals surface area (Å²) in [5, 5.41) is 2.77. The van der Waals surface area contributed by atoms with E-state index in [9.17, 15) is 4.79 Å². The highest BCUT2D eigenvalue weighted by Gasteiger charge is 2.05. The van der Waals surface area contributed by atoms with Crippen molar-refractivity contribution in [2.75, 3.05) is 0 Å². The molecule has 0 bridgehead atoms. The molecule has 11 heavy (non-hydrogen) atoms. The minimum atomic E-state index is -0.0509. The van der Waals surface area contributed by atoms with Gasteiger partial charge in [0.25, 0.3) is 5.91 Å². The molecule has 0 spiro atoms. The Hall–Kier alpha value is -1.25. The van der Waals surface area contributed by atoms with Crippen LogP contribution in [0.4, 0.5) is 0 Å². The summed E-state index contributed by atoms with van der Waals surface area (Å²) in [4.78, 5) is 14.0. The van der Waals surface area contributed by atoms with Gasteiger partial charge in [0.05, 0.1) is 0 Å². The molecule has 3 heteroatoms. The zero-order chi connectivity index (χ0) is 8.27. The fourth-order valence-corrected chi connectivity index (χ4v) is 0.812. The van der Waals surface area contributed by atoms with Crippen LogP contribution in [0.2, 0.25) is 0 Å². The Kier molecular flexibility index (Phi) is 2.31. The van der Waals surface area contributed by atoms with Gasteiger partial charge in [-0.05, 0) is 26.0 Å². The lowest BCUT2D eigenvalue weighted by atomic mass is 10.3. The van der Waals surface area contributed by atoms with Crippen LogP contribution in [0.5, 0.6) is 0 Å². The van der Waals surface area contributed by atoms with Gasteiger partial charge in [-0.25, -0.2) is 0 Å². The van der Waals surface area contributed by atoms with Crippen molar-refractivity contribution < 1.29 is 4.79 Å². The number of carbonyl (C=O) groups is 1. The van der Waals surface area contributed by atoms with E-state index in [1.807, 2.05) is 13.8 Å². The van der Waals surface area contributed by atoms with Crippen molar-refractivity contribution in [3.8, 4) is 0 Å². The number of aromatic amines is 1. The minimum absolute atomic E-state index is 0.0509. The van der Waals surface area contributed by atoms with Gasteiger partial charge in [0.1, 0.15) is 5.69 Å². The van der Waals surface area contributed by atoms with Crippen molar-refractivity contribution in [1.29, 1.82) is 0 Å². The van der Waals surface area contributed by atoms with Crippen molar-refractivity contribution in [2.24, 2.45) is 0 Å². The van der Waals surface area contributed by atoms with Gasteiger partial charge < -0.3 is 10.3 Å². The fourth-order valence-electron chi connectivity index (χ4n) is 0.812. The minimum Gasteiger partial charge on any atom is -0.357 e. The third-order valence-corrected chi connectivity index (χ3v) is 1.26. The summed E-state index contributed by atoms with van der Waals surface area (Å²) in [5.41, 5.74) is 0.610. The third kappa shape index (κ3) is 2.11. The normalized spacial score (nSPS) is 10.1. The maximum atomic E-state index is 11.2. The number of H-pyrrole nitrogens is 1. The second-order valence-corrected chi connectivity index (χ2v) is 2.71. The van der Waals surface area contributed by atoms with E-state index in [0.29, 0.717) is 5.69 Å². The molecule has 0 saturated carbocycles. The monoisotopic (exact) mass is 152 g/mol. The molecule has 0 aliphatic carbocycles. The van der Waals surface area contributed by atoms with Gasteiger partial charge in [0.15, 0.2) is 0 Å². The van der Waals surface area contributed by atoms with Gasteiger partial charge >= 0.3 is 0 Å². The first-order valence-electron chi connectivity index (χ1n) is 3.64. The molecule has 0 aromatic carbocycles. The smallest absolute Gasteiger partial charge is 0.267 e. The van der Waals surface area contributed by atoms with E-state index in [0.717, 1.165) is 0 Å². The zero-order valence-electron chi connectivity index (χ0n) is 6.72. The Morgan fingerprint density at radius 3 is 2.82 bits per heavy atom. The van der Waals surface area contributed by atoms with E-state index in [1.165, 1.54) is 0 Å². The predicted molar refractivity (Wildman–Crippen MR) is 43.4 cm³/mol. The largest absolute Gasteiger partial charge is 0.357 e. The Morgan fingerprint density at radius 2 is 2.36 bits per heavy atom. The highest BCUT2D eigenvalue weighted by molar-refractivity contribution is 5.92. The highest BCUT2D eigenvalue weighted by atomic mass is 16.1. The molecule has 0 atom stereocenters. The van der Waals surface area contributed by atoms with Crippen LogP contribution in [0.1, 0.15) is 24.3 Å². The van der Waals surface area contributed by atoms with E-state index in [1.54, 1.807) is 18.3 Å². The Balaban J connectivity index is 2.57. The fraction of sp³-hybridized carbons (Fsp3) is 0.375. The lowest BCUT2D eigenvalue weighted by Crippen LogP contribution is -2.30. The summed E-state index contributed by atoms with van der Waals surface area (Å²) >= 11 is 0. The van der Waals surface area contributed by atoms with E-state index >= 15 is 0 Å². The van der Waals surface area contributed by atoms with Crippen LogP contribution < -0.4 is 5.32 Å². The molecule has 0 fully saturated rings. The molecule has 0 radical (unpaired) electrons. The summed E-state index contributed by atoms with van der Waals surface area (Å²) in [6.45, 7) is 3.86. The number of nitrogens with one attached hydrogen (secondary N) is 2. The van der Waals surface area contributed by atoms with Crippen LogP contribution in [-0.4, -0.2) is 16.9 Å². The van der Waals surface area contributed by atoms with Crippen LogP contribution in [0, 0.1) is 0 Å². The maximum absolute atomic E-state index is 11.2. The highest BCUT2D eigenvalue weighted by Crippen LogP contribution is 1.94. The van der Waals surface area contributed by atoms with Gasteiger partial charge in [-0.2, -0.15) is 0 Å². The Bertz CT molecular complexity index is 226. The number of aromatic nitrogens is 1. The van der Waals surface area contributed by atoms with Crippen molar-refractivity contribution in [2.45, 2.75) is 19.9 Å². The van der Waals surface area contributed by atoms with Crippen LogP contribution in [0.15, 0.2) is 18.3 Å². The first kappa shape index (κ1) is 7.85. The van der Waals surface area contributed by atoms with Crippen molar-refractivity contribution >= 4 is 5.91 Å². The van der Waals surface area contributed by atoms with Crippen molar-refractivity contribution in [1.82, 2.24) is 10.3 Å². The Morgan fingerprint density at radius 1 is 1.64 bits per heavy atom. The van der Waals surface area contributed by atoms with E-state index in [-0.39, 0.29) is 11.9 Å². The van der Waals surface area contributed by atoms with E-state index < -0.39 is 0 Å². The van der Waals surface area contributed by atoms with Gasteiger partial charge in [-0.3, -0.25) is 4.79 Å². The molecule has 0 aliphatic heterocycles. The van der Waals surface area contributed by atoms with Crippen molar-refractivity contribution in [3.05, 3.63) is 24.0 Å². The molecule has 3 nitrogen and oxygen atoms in total. The standard InChI is InChI=1S/C8H12N2O/c1-6(2)10-8(11)7-4-3-5-9-7/h3-6,9H,1-2H3,(H,10,11). The lowest BCUT2D eigenvalue weighted by molar-refractivity contribution is 0.0938. The summed E-state index contributed by atoms with van der Waals surface area (Å²) in [5.74, 6) is -0.0509. The van der Waals surface area contributed by atoms with Crippen LogP contribution in [-0.2, 0) is 0 Å². The lowest BCUT2D eigenvalue weighted by Gasteiger charge is -2.05. The number of hydrogen-bond donors (Lipinski definition) is 2. The molecule has 1 amide bonds. The molecule has 0 saturated heterocycles. The second kappa shape index (κ2) is 3.23. The maximum Gasteiger partial charge on any atom is 0.267 e. The molecule has 0 unspecified atom stereocenters. The molecule has 1 rings (SSSR count). The topological polar surface area (TPSA) is 44.9 Å². The predicted octanol–water partition coefficient (Wildman–Crippen LogP) is 1.15. The number of hydrogen-bond acceptors (Lipinski definition) is 1. The number of amides is 1.